The molecule has 0 saturated heterocycles. The highest BCUT2D eigenvalue weighted by Crippen LogP contribution is 2.25. The zero-order valence-electron chi connectivity index (χ0n) is 18.8. The number of aromatic nitrogens is 3. The van der Waals surface area contributed by atoms with Crippen molar-refractivity contribution in [3.05, 3.63) is 88.7 Å². The lowest BCUT2D eigenvalue weighted by molar-refractivity contribution is -0.113. The van der Waals surface area contributed by atoms with Crippen LogP contribution in [0, 0.1) is 0 Å². The van der Waals surface area contributed by atoms with E-state index in [1.54, 1.807) is 48.5 Å². The van der Waals surface area contributed by atoms with Gasteiger partial charge in [-0.25, -0.2) is 0 Å². The molecule has 10 heteroatoms. The molecule has 3 aromatic carbocycles. The number of hydrogen-bond donors (Lipinski definition) is 1. The molecule has 0 aliphatic rings. The summed E-state index contributed by atoms with van der Waals surface area (Å²) in [6, 6.07) is 21.7. The average molecular weight is 529 g/mol. The fourth-order valence-corrected chi connectivity index (χ4v) is 4.26. The van der Waals surface area contributed by atoms with Gasteiger partial charge in [0.25, 0.3) is 0 Å². The van der Waals surface area contributed by atoms with E-state index in [9.17, 15) is 4.79 Å². The predicted octanol–water partition coefficient (Wildman–Crippen LogP) is 6.28. The van der Waals surface area contributed by atoms with Crippen molar-refractivity contribution in [2.24, 2.45) is 0 Å². The normalized spacial score (nSPS) is 10.7. The maximum absolute atomic E-state index is 12.5. The second-order valence-electron chi connectivity index (χ2n) is 7.25. The molecular weight excluding hydrogens is 507 g/mol. The van der Waals surface area contributed by atoms with Crippen molar-refractivity contribution in [1.29, 1.82) is 0 Å². The molecule has 0 bridgehead atoms. The Morgan fingerprint density at radius 3 is 2.37 bits per heavy atom. The third-order valence-electron chi connectivity index (χ3n) is 4.73. The fraction of sp³-hybridized carbons (Fsp3) is 0.160. The zero-order chi connectivity index (χ0) is 24.6. The first-order valence-corrected chi connectivity index (χ1v) is 12.5. The first-order valence-electron chi connectivity index (χ1n) is 10.8. The van der Waals surface area contributed by atoms with Crippen molar-refractivity contribution < 1.29 is 14.3 Å². The van der Waals surface area contributed by atoms with Gasteiger partial charge in [0.15, 0.2) is 11.0 Å². The Kier molecular flexibility index (Phi) is 8.52. The van der Waals surface area contributed by atoms with Crippen molar-refractivity contribution in [3.8, 4) is 17.2 Å². The van der Waals surface area contributed by atoms with Crippen molar-refractivity contribution in [3.63, 3.8) is 0 Å². The average Bonchev–Trinajstić information content (AvgIpc) is 3.26. The lowest BCUT2D eigenvalue weighted by Crippen LogP contribution is -2.14. The summed E-state index contributed by atoms with van der Waals surface area (Å²) in [4.78, 5) is 12.5. The molecule has 0 fully saturated rings. The number of amides is 1. The molecule has 4 rings (SSSR count). The van der Waals surface area contributed by atoms with Gasteiger partial charge >= 0.3 is 0 Å². The Labute approximate surface area is 217 Å². The van der Waals surface area contributed by atoms with Crippen LogP contribution in [0.4, 0.5) is 5.69 Å². The molecule has 7 nitrogen and oxygen atoms in total. The van der Waals surface area contributed by atoms with Gasteiger partial charge in [0.05, 0.1) is 12.4 Å². The molecule has 0 saturated carbocycles. The van der Waals surface area contributed by atoms with Gasteiger partial charge in [0, 0.05) is 21.4 Å². The lowest BCUT2D eigenvalue weighted by atomic mass is 10.3. The fourth-order valence-electron chi connectivity index (χ4n) is 3.18. The number of benzene rings is 3. The monoisotopic (exact) mass is 528 g/mol. The van der Waals surface area contributed by atoms with Gasteiger partial charge in [-0.15, -0.1) is 10.2 Å². The van der Waals surface area contributed by atoms with Gasteiger partial charge in [-0.1, -0.05) is 41.0 Å². The Morgan fingerprint density at radius 2 is 1.66 bits per heavy atom. The third-order valence-corrected chi connectivity index (χ3v) is 6.14. The van der Waals surface area contributed by atoms with E-state index in [0.717, 1.165) is 11.4 Å². The van der Waals surface area contributed by atoms with Crippen LogP contribution in [0.5, 0.6) is 11.5 Å². The number of ether oxygens (including phenoxy) is 2. The van der Waals surface area contributed by atoms with Crippen LogP contribution >= 0.6 is 35.0 Å². The second-order valence-corrected chi connectivity index (χ2v) is 9.07. The van der Waals surface area contributed by atoms with E-state index >= 15 is 0 Å². The predicted molar refractivity (Wildman–Crippen MR) is 139 cm³/mol. The highest BCUT2D eigenvalue weighted by atomic mass is 35.5. The second kappa shape index (κ2) is 12.0. The first-order chi connectivity index (χ1) is 17.0. The number of nitrogens with one attached hydrogen (secondary N) is 1. The van der Waals surface area contributed by atoms with Crippen LogP contribution < -0.4 is 14.8 Å². The van der Waals surface area contributed by atoms with Gasteiger partial charge in [0.1, 0.15) is 18.1 Å². The number of anilines is 1. The van der Waals surface area contributed by atoms with E-state index in [0.29, 0.717) is 39.1 Å². The van der Waals surface area contributed by atoms with E-state index in [2.05, 4.69) is 15.5 Å². The van der Waals surface area contributed by atoms with Crippen LogP contribution in [-0.4, -0.2) is 33.0 Å². The largest absolute Gasteiger partial charge is 0.494 e. The van der Waals surface area contributed by atoms with E-state index in [1.807, 2.05) is 35.8 Å². The van der Waals surface area contributed by atoms with Crippen LogP contribution in [0.15, 0.2) is 78.0 Å². The standard InChI is InChI=1S/C25H22Cl2N4O3S/c1-2-33-21-12-8-20(9-13-21)31-23(15-34-22-10-6-17(26)7-11-22)29-30-25(31)35-16-24(32)28-19-5-3-4-18(27)14-19/h3-14H,2,15-16H2,1H3,(H,28,32). The van der Waals surface area contributed by atoms with Crippen LogP contribution in [0.3, 0.4) is 0 Å². The lowest BCUT2D eigenvalue weighted by Gasteiger charge is -2.12. The molecule has 0 aliphatic carbocycles. The summed E-state index contributed by atoms with van der Waals surface area (Å²) in [5, 5.41) is 13.2. The van der Waals surface area contributed by atoms with Crippen LogP contribution in [0.2, 0.25) is 10.0 Å². The smallest absolute Gasteiger partial charge is 0.234 e. The van der Waals surface area contributed by atoms with Gasteiger partial charge in [-0.3, -0.25) is 9.36 Å². The number of carbonyl (C=O) groups is 1. The Morgan fingerprint density at radius 1 is 0.943 bits per heavy atom. The summed E-state index contributed by atoms with van der Waals surface area (Å²) in [6.07, 6.45) is 0. The van der Waals surface area contributed by atoms with E-state index in [1.165, 1.54) is 11.8 Å². The maximum Gasteiger partial charge on any atom is 0.234 e. The van der Waals surface area contributed by atoms with Gasteiger partial charge in [-0.2, -0.15) is 0 Å². The number of halogens is 2. The van der Waals surface area contributed by atoms with E-state index in [4.69, 9.17) is 32.7 Å². The summed E-state index contributed by atoms with van der Waals surface area (Å²) < 4.78 is 13.3. The van der Waals surface area contributed by atoms with E-state index < -0.39 is 0 Å². The molecule has 0 atom stereocenters. The molecule has 1 N–H and O–H groups in total. The minimum Gasteiger partial charge on any atom is -0.494 e. The molecule has 4 aromatic rings. The molecular formula is C25H22Cl2N4O3S. The highest BCUT2D eigenvalue weighted by Gasteiger charge is 2.17. The molecule has 1 amide bonds. The Balaban J connectivity index is 1.52. The molecule has 0 unspecified atom stereocenters. The highest BCUT2D eigenvalue weighted by molar-refractivity contribution is 7.99. The molecule has 0 aliphatic heterocycles. The SMILES string of the molecule is CCOc1ccc(-n2c(COc3ccc(Cl)cc3)nnc2SCC(=O)Nc2cccc(Cl)c2)cc1. The zero-order valence-corrected chi connectivity index (χ0v) is 21.1. The van der Waals surface area contributed by atoms with Crippen LogP contribution in [0.25, 0.3) is 5.69 Å². The molecule has 1 heterocycles. The summed E-state index contributed by atoms with van der Waals surface area (Å²) >= 11 is 13.2. The van der Waals surface area contributed by atoms with E-state index in [-0.39, 0.29) is 18.3 Å². The number of carbonyl (C=O) groups excluding carboxylic acids is 1. The molecule has 0 radical (unpaired) electrons. The van der Waals surface area contributed by atoms with Gasteiger partial charge < -0.3 is 14.8 Å². The summed E-state index contributed by atoms with van der Waals surface area (Å²) in [5.74, 6) is 1.96. The van der Waals surface area contributed by atoms with Crippen molar-refractivity contribution in [1.82, 2.24) is 14.8 Å². The number of hydrogen-bond acceptors (Lipinski definition) is 6. The molecule has 180 valence electrons. The van der Waals surface area contributed by atoms with Crippen molar-refractivity contribution in [2.75, 3.05) is 17.7 Å². The number of rotatable bonds is 10. The first kappa shape index (κ1) is 24.9. The summed E-state index contributed by atoms with van der Waals surface area (Å²) in [7, 11) is 0. The quantitative estimate of drug-likeness (QED) is 0.244. The molecule has 35 heavy (non-hydrogen) atoms. The summed E-state index contributed by atoms with van der Waals surface area (Å²) in [5.41, 5.74) is 1.46. The third kappa shape index (κ3) is 6.91. The minimum atomic E-state index is -0.183. The van der Waals surface area contributed by atoms with Crippen LogP contribution in [0.1, 0.15) is 12.7 Å². The Hall–Kier alpha value is -3.20. The van der Waals surface area contributed by atoms with Crippen molar-refractivity contribution >= 4 is 46.6 Å². The van der Waals surface area contributed by atoms with Crippen molar-refractivity contribution in [2.45, 2.75) is 18.7 Å². The summed E-state index contributed by atoms with van der Waals surface area (Å²) in [6.45, 7) is 2.69. The van der Waals surface area contributed by atoms with Crippen LogP contribution in [-0.2, 0) is 11.4 Å². The van der Waals surface area contributed by atoms with Gasteiger partial charge in [-0.05, 0) is 73.7 Å². The molecule has 0 spiro atoms. The number of nitrogens with zero attached hydrogens (tertiary/aromatic N) is 3. The number of thioether (sulfide) groups is 1. The maximum atomic E-state index is 12.5. The molecule has 1 aromatic heterocycles. The van der Waals surface area contributed by atoms with Gasteiger partial charge in [0.2, 0.25) is 5.91 Å². The Bertz CT molecular complexity index is 1280. The topological polar surface area (TPSA) is 78.3 Å². The minimum absolute atomic E-state index is 0.139.